The summed E-state index contributed by atoms with van der Waals surface area (Å²) in [6, 6.07) is 8.26. The second-order valence-electron chi connectivity index (χ2n) is 4.42. The van der Waals surface area contributed by atoms with E-state index in [9.17, 15) is 0 Å². The van der Waals surface area contributed by atoms with Crippen molar-refractivity contribution in [3.05, 3.63) is 34.6 Å². The fraction of sp³-hybridized carbons (Fsp3) is 0.214. The molecule has 0 radical (unpaired) electrons. The Morgan fingerprint density at radius 2 is 2.16 bits per heavy atom. The van der Waals surface area contributed by atoms with Crippen LogP contribution in [0, 0.1) is 25.2 Å². The molecule has 0 aliphatic carbocycles. The van der Waals surface area contributed by atoms with Crippen molar-refractivity contribution in [2.45, 2.75) is 20.3 Å². The molecule has 0 unspecified atom stereocenters. The number of H-pyrrole nitrogens is 1. The van der Waals surface area contributed by atoms with Crippen LogP contribution in [0.2, 0.25) is 0 Å². The molecule has 4 nitrogen and oxygen atoms in total. The predicted octanol–water partition coefficient (Wildman–Crippen LogP) is 3.37. The molecule has 3 aromatic rings. The summed E-state index contributed by atoms with van der Waals surface area (Å²) < 4.78 is 0. The quantitative estimate of drug-likeness (QED) is 0.775. The maximum atomic E-state index is 8.78. The monoisotopic (exact) mass is 268 g/mol. The van der Waals surface area contributed by atoms with Gasteiger partial charge in [0.25, 0.3) is 0 Å². The van der Waals surface area contributed by atoms with E-state index in [1.165, 1.54) is 0 Å². The van der Waals surface area contributed by atoms with E-state index in [0.29, 0.717) is 6.42 Å². The van der Waals surface area contributed by atoms with Crippen molar-refractivity contribution in [2.24, 2.45) is 0 Å². The summed E-state index contributed by atoms with van der Waals surface area (Å²) in [6.45, 7) is 3.89. The first-order valence-electron chi connectivity index (χ1n) is 5.97. The van der Waals surface area contributed by atoms with Gasteiger partial charge in [0.1, 0.15) is 10.8 Å². The first-order chi connectivity index (χ1) is 9.17. The maximum absolute atomic E-state index is 8.78. The highest BCUT2D eigenvalue weighted by molar-refractivity contribution is 7.15. The van der Waals surface area contributed by atoms with E-state index in [4.69, 9.17) is 5.26 Å². The van der Waals surface area contributed by atoms with Crippen molar-refractivity contribution >= 4 is 22.4 Å². The minimum atomic E-state index is 0.426. The summed E-state index contributed by atoms with van der Waals surface area (Å²) in [5.41, 5.74) is 3.99. The van der Waals surface area contributed by atoms with E-state index in [2.05, 4.69) is 27.1 Å². The van der Waals surface area contributed by atoms with Gasteiger partial charge in [0, 0.05) is 10.4 Å². The summed E-state index contributed by atoms with van der Waals surface area (Å²) in [5.74, 6) is 0.910. The fourth-order valence-electron chi connectivity index (χ4n) is 2.06. The zero-order valence-electron chi connectivity index (χ0n) is 10.7. The van der Waals surface area contributed by atoms with Crippen LogP contribution in [0.4, 0.5) is 0 Å². The first-order valence-corrected chi connectivity index (χ1v) is 6.79. The molecule has 0 atom stereocenters. The Kier molecular flexibility index (Phi) is 2.80. The van der Waals surface area contributed by atoms with Gasteiger partial charge in [-0.1, -0.05) is 0 Å². The second kappa shape index (κ2) is 4.48. The van der Waals surface area contributed by atoms with Gasteiger partial charge in [-0.3, -0.25) is 0 Å². The predicted molar refractivity (Wildman–Crippen MR) is 76.0 cm³/mol. The van der Waals surface area contributed by atoms with E-state index in [-0.39, 0.29) is 0 Å². The Morgan fingerprint density at radius 3 is 2.95 bits per heavy atom. The topological polar surface area (TPSA) is 65.4 Å². The second-order valence-corrected chi connectivity index (χ2v) is 5.50. The number of fused-ring (bicyclic) bond motifs is 1. The SMILES string of the molecule is Cc1nc2ccc(-c3nc(C)c(CC#N)s3)cc2[nH]1. The highest BCUT2D eigenvalue weighted by Crippen LogP contribution is 2.29. The molecule has 0 saturated carbocycles. The molecule has 0 fully saturated rings. The third kappa shape index (κ3) is 2.11. The Hall–Kier alpha value is -2.19. The van der Waals surface area contributed by atoms with E-state index in [1.54, 1.807) is 11.3 Å². The van der Waals surface area contributed by atoms with Crippen LogP contribution in [0.3, 0.4) is 0 Å². The summed E-state index contributed by atoms with van der Waals surface area (Å²) in [5, 5.41) is 9.74. The lowest BCUT2D eigenvalue weighted by atomic mass is 10.2. The normalized spacial score (nSPS) is 10.8. The van der Waals surface area contributed by atoms with Crippen LogP contribution in [-0.4, -0.2) is 15.0 Å². The van der Waals surface area contributed by atoms with Gasteiger partial charge < -0.3 is 4.98 Å². The van der Waals surface area contributed by atoms with Gasteiger partial charge in [-0.2, -0.15) is 5.26 Å². The highest BCUT2D eigenvalue weighted by Gasteiger charge is 2.10. The smallest absolute Gasteiger partial charge is 0.123 e. The number of nitriles is 1. The molecule has 0 aliphatic heterocycles. The van der Waals surface area contributed by atoms with Crippen LogP contribution >= 0.6 is 11.3 Å². The summed E-state index contributed by atoms with van der Waals surface area (Å²) >= 11 is 1.58. The molecule has 94 valence electrons. The third-order valence-corrected chi connectivity index (χ3v) is 4.19. The molecular formula is C14H12N4S. The zero-order valence-corrected chi connectivity index (χ0v) is 11.5. The van der Waals surface area contributed by atoms with Crippen LogP contribution < -0.4 is 0 Å². The van der Waals surface area contributed by atoms with Gasteiger partial charge >= 0.3 is 0 Å². The molecule has 0 saturated heterocycles. The molecule has 2 aromatic heterocycles. The lowest BCUT2D eigenvalue weighted by molar-refractivity contribution is 1.17. The zero-order chi connectivity index (χ0) is 13.4. The number of aryl methyl sites for hydroxylation is 2. The lowest BCUT2D eigenvalue weighted by Gasteiger charge is -1.95. The van der Waals surface area contributed by atoms with Crippen molar-refractivity contribution in [1.29, 1.82) is 5.26 Å². The number of benzene rings is 1. The van der Waals surface area contributed by atoms with Crippen molar-refractivity contribution < 1.29 is 0 Å². The van der Waals surface area contributed by atoms with Crippen molar-refractivity contribution in [2.75, 3.05) is 0 Å². The minimum absolute atomic E-state index is 0.426. The van der Waals surface area contributed by atoms with Gasteiger partial charge in [0.2, 0.25) is 0 Å². The Balaban J connectivity index is 2.08. The molecule has 3 rings (SSSR count). The molecule has 19 heavy (non-hydrogen) atoms. The number of nitrogens with one attached hydrogen (secondary N) is 1. The standard InChI is InChI=1S/C14H12N4S/c1-8-13(5-6-15)19-14(16-8)10-3-4-11-12(7-10)18-9(2)17-11/h3-4,7H,5H2,1-2H3,(H,17,18). The first kappa shape index (κ1) is 11.9. The Labute approximate surface area is 114 Å². The van der Waals surface area contributed by atoms with Crippen LogP contribution in [0.25, 0.3) is 21.6 Å². The largest absolute Gasteiger partial charge is 0.342 e. The Bertz CT molecular complexity index is 791. The summed E-state index contributed by atoms with van der Waals surface area (Å²) in [4.78, 5) is 13.2. The van der Waals surface area contributed by atoms with E-state index in [0.717, 1.165) is 38.0 Å². The Morgan fingerprint density at radius 1 is 1.32 bits per heavy atom. The molecule has 1 N–H and O–H groups in total. The van der Waals surface area contributed by atoms with Gasteiger partial charge in [-0.25, -0.2) is 9.97 Å². The number of rotatable bonds is 2. The van der Waals surface area contributed by atoms with Crippen LogP contribution in [0.1, 0.15) is 16.4 Å². The number of aromatic nitrogens is 3. The molecule has 0 spiro atoms. The number of hydrogen-bond donors (Lipinski definition) is 1. The molecule has 2 heterocycles. The highest BCUT2D eigenvalue weighted by atomic mass is 32.1. The lowest BCUT2D eigenvalue weighted by Crippen LogP contribution is -1.80. The average Bonchev–Trinajstić information content (AvgIpc) is 2.91. The number of imidazole rings is 1. The molecule has 1 aromatic carbocycles. The average molecular weight is 268 g/mol. The van der Waals surface area contributed by atoms with Gasteiger partial charge in [-0.15, -0.1) is 11.3 Å². The van der Waals surface area contributed by atoms with Crippen LogP contribution in [0.5, 0.6) is 0 Å². The van der Waals surface area contributed by atoms with Gasteiger partial charge in [0.05, 0.1) is 29.2 Å². The molecule has 5 heteroatoms. The van der Waals surface area contributed by atoms with Gasteiger partial charge in [0.15, 0.2) is 0 Å². The number of nitrogens with zero attached hydrogens (tertiary/aromatic N) is 3. The number of aromatic amines is 1. The third-order valence-electron chi connectivity index (χ3n) is 2.98. The summed E-state index contributed by atoms with van der Waals surface area (Å²) in [7, 11) is 0. The number of hydrogen-bond acceptors (Lipinski definition) is 4. The minimum Gasteiger partial charge on any atom is -0.342 e. The van der Waals surface area contributed by atoms with Crippen LogP contribution in [-0.2, 0) is 6.42 Å². The van der Waals surface area contributed by atoms with Gasteiger partial charge in [-0.05, 0) is 32.0 Å². The van der Waals surface area contributed by atoms with Crippen molar-refractivity contribution in [3.8, 4) is 16.6 Å². The van der Waals surface area contributed by atoms with Crippen molar-refractivity contribution in [3.63, 3.8) is 0 Å². The van der Waals surface area contributed by atoms with Crippen molar-refractivity contribution in [1.82, 2.24) is 15.0 Å². The summed E-state index contributed by atoms with van der Waals surface area (Å²) in [6.07, 6.45) is 0.426. The van der Waals surface area contributed by atoms with Crippen LogP contribution in [0.15, 0.2) is 18.2 Å². The maximum Gasteiger partial charge on any atom is 0.123 e. The molecule has 0 bridgehead atoms. The molecule has 0 amide bonds. The van der Waals surface area contributed by atoms with E-state index in [1.807, 2.05) is 26.0 Å². The molecule has 0 aliphatic rings. The fourth-order valence-corrected chi connectivity index (χ4v) is 3.05. The van der Waals surface area contributed by atoms with E-state index >= 15 is 0 Å². The molecular weight excluding hydrogens is 256 g/mol. The van der Waals surface area contributed by atoms with E-state index < -0.39 is 0 Å². The number of thiazole rings is 1.